The fraction of sp³-hybridized carbons (Fsp3) is 0.511. The van der Waals surface area contributed by atoms with E-state index in [1.165, 1.54) is 43.4 Å². The molecule has 0 aromatic heterocycles. The van der Waals surface area contributed by atoms with Crippen LogP contribution in [-0.2, 0) is 21.7 Å². The maximum absolute atomic E-state index is 14.5. The predicted molar refractivity (Wildman–Crippen MR) is 216 cm³/mol. The number of amides is 2. The summed E-state index contributed by atoms with van der Waals surface area (Å²) in [6.45, 7) is 1.94. The molecule has 55 heavy (non-hydrogen) atoms. The Kier molecular flexibility index (Phi) is 10.8. The number of likely N-dealkylation sites (tertiary alicyclic amines) is 1. The van der Waals surface area contributed by atoms with E-state index in [1.54, 1.807) is 4.90 Å². The van der Waals surface area contributed by atoms with Crippen molar-refractivity contribution in [2.24, 2.45) is 16.8 Å². The minimum absolute atomic E-state index is 0.0471. The molecule has 3 heterocycles. The zero-order chi connectivity index (χ0) is 38.0. The zero-order valence-corrected chi connectivity index (χ0v) is 32.3. The first-order valence-corrected chi connectivity index (χ1v) is 20.7. The van der Waals surface area contributed by atoms with Crippen molar-refractivity contribution in [3.05, 3.63) is 102 Å². The first-order valence-electron chi connectivity index (χ1n) is 20.7. The first kappa shape index (κ1) is 37.4. The van der Waals surface area contributed by atoms with Crippen molar-refractivity contribution in [3.8, 4) is 0 Å². The minimum atomic E-state index is -1.21. The van der Waals surface area contributed by atoms with Gasteiger partial charge in [0, 0.05) is 26.2 Å². The number of likely N-dealkylation sites (N-methyl/N-ethyl adjacent to an activating group) is 1. The van der Waals surface area contributed by atoms with Crippen LogP contribution in [0.25, 0.3) is 0 Å². The lowest BCUT2D eigenvalue weighted by atomic mass is 9.74. The van der Waals surface area contributed by atoms with E-state index in [-0.39, 0.29) is 30.4 Å². The van der Waals surface area contributed by atoms with E-state index in [9.17, 15) is 14.7 Å². The molecule has 8 rings (SSSR count). The van der Waals surface area contributed by atoms with Crippen LogP contribution in [0.2, 0.25) is 0 Å². The number of hydrogen-bond donors (Lipinski definition) is 4. The summed E-state index contributed by atoms with van der Waals surface area (Å²) in [5, 5.41) is 26.2. The van der Waals surface area contributed by atoms with Gasteiger partial charge in [0.05, 0.1) is 18.3 Å². The lowest BCUT2D eigenvalue weighted by Gasteiger charge is -2.39. The van der Waals surface area contributed by atoms with Crippen LogP contribution in [0, 0.1) is 17.2 Å². The molecule has 0 radical (unpaired) electrons. The normalized spacial score (nSPS) is 28.2. The average Bonchev–Trinajstić information content (AvgIpc) is 3.84. The highest BCUT2D eigenvalue weighted by Crippen LogP contribution is 2.41. The van der Waals surface area contributed by atoms with Gasteiger partial charge in [0.1, 0.15) is 5.54 Å². The van der Waals surface area contributed by atoms with Crippen LogP contribution in [0.3, 0.4) is 0 Å². The largest absolute Gasteiger partial charge is 0.392 e. The van der Waals surface area contributed by atoms with Gasteiger partial charge in [0.2, 0.25) is 5.96 Å². The molecule has 5 aliphatic rings. The molecule has 3 aromatic carbocycles. The summed E-state index contributed by atoms with van der Waals surface area (Å²) >= 11 is 0. The molecular formula is C45H57N7O3. The molecule has 3 saturated heterocycles. The molecule has 10 nitrogen and oxygen atoms in total. The number of nitrogens with zero attached hydrogens (tertiary/aromatic N) is 4. The van der Waals surface area contributed by atoms with Crippen molar-refractivity contribution >= 4 is 29.4 Å². The summed E-state index contributed by atoms with van der Waals surface area (Å²) < 4.78 is 0. The number of rotatable bonds is 11. The molecule has 290 valence electrons. The van der Waals surface area contributed by atoms with E-state index < -0.39 is 11.1 Å². The third-order valence-corrected chi connectivity index (χ3v) is 13.2. The number of carbonyl (C=O) groups excluding carboxylic acids is 2. The van der Waals surface area contributed by atoms with Crippen LogP contribution in [0.5, 0.6) is 0 Å². The number of nitrogens with one attached hydrogen (secondary N) is 3. The molecule has 3 aliphatic heterocycles. The van der Waals surface area contributed by atoms with E-state index in [1.807, 2.05) is 92.0 Å². The van der Waals surface area contributed by atoms with Crippen molar-refractivity contribution < 1.29 is 14.7 Å². The van der Waals surface area contributed by atoms with Crippen molar-refractivity contribution in [1.29, 1.82) is 5.41 Å². The third-order valence-electron chi connectivity index (χ3n) is 13.2. The number of β-amino-alcohol motifs (C(OH)–C–C–N with tert-alkyl or cyclic N) is 1. The number of guanidine groups is 2. The maximum Gasteiger partial charge on any atom is 0.264 e. The van der Waals surface area contributed by atoms with E-state index in [0.717, 1.165) is 74.7 Å². The highest BCUT2D eigenvalue weighted by Gasteiger charge is 2.53. The van der Waals surface area contributed by atoms with Crippen LogP contribution in [-0.4, -0.2) is 81.4 Å². The molecular weight excluding hydrogens is 687 g/mol. The Hall–Kier alpha value is -4.54. The van der Waals surface area contributed by atoms with E-state index >= 15 is 0 Å². The number of aliphatic hydroxyl groups is 1. The molecule has 0 spiro atoms. The monoisotopic (exact) mass is 743 g/mol. The molecule has 4 atom stereocenters. The summed E-state index contributed by atoms with van der Waals surface area (Å²) in [5.74, 6) is 1.61. The number of hydrogen-bond acceptors (Lipinski definition) is 6. The Balaban J connectivity index is 1.03. The molecule has 0 bridgehead atoms. The third kappa shape index (κ3) is 7.55. The van der Waals surface area contributed by atoms with Gasteiger partial charge in [-0.25, -0.2) is 4.99 Å². The Bertz CT molecular complexity index is 1840. The van der Waals surface area contributed by atoms with Crippen molar-refractivity contribution in [2.75, 3.05) is 20.1 Å². The van der Waals surface area contributed by atoms with Crippen molar-refractivity contribution in [1.82, 2.24) is 25.3 Å². The average molecular weight is 744 g/mol. The topological polar surface area (TPSA) is 124 Å². The lowest BCUT2D eigenvalue weighted by Crippen LogP contribution is -2.50. The molecule has 5 fully saturated rings. The summed E-state index contributed by atoms with van der Waals surface area (Å²) in [6, 6.07) is 27.5. The number of carbonyl (C=O) groups is 2. The van der Waals surface area contributed by atoms with Crippen LogP contribution in [0.1, 0.15) is 100 Å². The smallest absolute Gasteiger partial charge is 0.264 e. The quantitative estimate of drug-likeness (QED) is 0.174. The van der Waals surface area contributed by atoms with Crippen molar-refractivity contribution in [2.45, 2.75) is 113 Å². The second-order valence-electron chi connectivity index (χ2n) is 16.9. The number of benzene rings is 3. The van der Waals surface area contributed by atoms with Crippen molar-refractivity contribution in [3.63, 3.8) is 0 Å². The van der Waals surface area contributed by atoms with Gasteiger partial charge in [-0.2, -0.15) is 0 Å². The van der Waals surface area contributed by atoms with Gasteiger partial charge in [-0.3, -0.25) is 29.7 Å². The second kappa shape index (κ2) is 15.9. The SMILES string of the molecule is CN1C(=O)[C@@](CCC2CCCCC2)(C[C@H]2CCC[C@H](N3CC[C@H](O)C3)C2)NC1=Nc1cccc(CN2C(=N)NC(c3ccccc3)(c3ccccc3)C2=O)c1. The van der Waals surface area contributed by atoms with Gasteiger partial charge < -0.3 is 15.7 Å². The second-order valence-corrected chi connectivity index (χ2v) is 16.9. The van der Waals surface area contributed by atoms with Crippen LogP contribution in [0.15, 0.2) is 89.9 Å². The Morgan fingerprint density at radius 1 is 0.818 bits per heavy atom. The van der Waals surface area contributed by atoms with Gasteiger partial charge in [0.15, 0.2) is 11.5 Å². The number of aliphatic hydroxyl groups excluding tert-OH is 1. The summed E-state index contributed by atoms with van der Waals surface area (Å²) in [4.78, 5) is 39.7. The molecule has 2 saturated carbocycles. The Morgan fingerprint density at radius 3 is 2.22 bits per heavy atom. The Morgan fingerprint density at radius 2 is 1.53 bits per heavy atom. The van der Waals surface area contributed by atoms with E-state index in [2.05, 4.69) is 15.5 Å². The van der Waals surface area contributed by atoms with Crippen LogP contribution < -0.4 is 10.6 Å². The predicted octanol–water partition coefficient (Wildman–Crippen LogP) is 6.66. The van der Waals surface area contributed by atoms with Crippen LogP contribution in [0.4, 0.5) is 5.69 Å². The van der Waals surface area contributed by atoms with Gasteiger partial charge >= 0.3 is 0 Å². The Labute approximate surface area is 325 Å². The maximum atomic E-state index is 14.5. The summed E-state index contributed by atoms with van der Waals surface area (Å²) in [6.07, 6.45) is 14.2. The molecule has 0 unspecified atom stereocenters. The highest BCUT2D eigenvalue weighted by molar-refractivity contribution is 6.10. The summed E-state index contributed by atoms with van der Waals surface area (Å²) in [5.41, 5.74) is 1.20. The number of aliphatic imine (C=N–C) groups is 1. The molecule has 10 heteroatoms. The fourth-order valence-corrected chi connectivity index (χ4v) is 10.3. The first-order chi connectivity index (χ1) is 26.7. The highest BCUT2D eigenvalue weighted by atomic mass is 16.3. The molecule has 2 aliphatic carbocycles. The molecule has 3 aromatic rings. The molecule has 4 N–H and O–H groups in total. The van der Waals surface area contributed by atoms with Crippen LogP contribution >= 0.6 is 0 Å². The lowest BCUT2D eigenvalue weighted by molar-refractivity contribution is -0.131. The zero-order valence-electron chi connectivity index (χ0n) is 32.3. The van der Waals surface area contributed by atoms with Gasteiger partial charge in [0.25, 0.3) is 11.8 Å². The molecule has 2 amide bonds. The van der Waals surface area contributed by atoms with E-state index in [4.69, 9.17) is 10.4 Å². The summed E-state index contributed by atoms with van der Waals surface area (Å²) in [7, 11) is 1.85. The van der Waals surface area contributed by atoms with Gasteiger partial charge in [-0.05, 0) is 79.2 Å². The van der Waals surface area contributed by atoms with Gasteiger partial charge in [-0.15, -0.1) is 0 Å². The van der Waals surface area contributed by atoms with Gasteiger partial charge in [-0.1, -0.05) is 118 Å². The minimum Gasteiger partial charge on any atom is -0.392 e. The fourth-order valence-electron chi connectivity index (χ4n) is 10.3. The standard InChI is InChI=1S/C45H57N7O3/c1-50-40(54)44(25-23-32-13-5-2-6-14-32,29-33-15-12-22-38(28-33)51-26-24-39(53)31-51)49-43(50)47-37-21-11-16-34(27-37)30-52-41(55)45(48-42(52)46,35-17-7-3-8-18-35)36-19-9-4-10-20-36/h3-4,7-11,16-21,27,32-33,38-39,53H,2,5-6,12-15,22-26,28-31H2,1H3,(H2,46,48)(H,47,49)/t33-,38-,39-,44+/m0/s1. The van der Waals surface area contributed by atoms with E-state index in [0.29, 0.717) is 29.5 Å².